The quantitative estimate of drug-likeness (QED) is 0.182. The molecule has 2 aromatic carbocycles. The van der Waals surface area contributed by atoms with Crippen LogP contribution in [0.3, 0.4) is 0 Å². The van der Waals surface area contributed by atoms with Gasteiger partial charge in [-0.25, -0.2) is 9.37 Å². The van der Waals surface area contributed by atoms with Gasteiger partial charge >= 0.3 is 12.1 Å². The summed E-state index contributed by atoms with van der Waals surface area (Å²) < 4.78 is 57.7. The molecule has 182 valence electrons. The van der Waals surface area contributed by atoms with E-state index < -0.39 is 23.6 Å². The van der Waals surface area contributed by atoms with Gasteiger partial charge in [-0.05, 0) is 42.8 Å². The van der Waals surface area contributed by atoms with Crippen molar-refractivity contribution in [2.75, 3.05) is 18.5 Å². The van der Waals surface area contributed by atoms with Gasteiger partial charge in [0.15, 0.2) is 0 Å². The summed E-state index contributed by atoms with van der Waals surface area (Å²) in [5.74, 6) is 3.65. The number of alkyl halides is 3. The standard InChI is InChI=1S/C23H17ClF4N4O3/c24-16-10-14(2-5-17(16)25)3-7-21(34)31-18-11-15(22-30-12-20(32-22)23(26,27)28)4-6-19(18)35-9-1-8-29-13-33/h2,4-6,10-13H,1,8-9H2,(H,29,33)(H,30,32)(H,31,34). The molecule has 3 aromatic rings. The molecule has 0 unspecified atom stereocenters. The molecule has 0 fully saturated rings. The van der Waals surface area contributed by atoms with Gasteiger partial charge in [0.2, 0.25) is 6.41 Å². The van der Waals surface area contributed by atoms with Crippen LogP contribution in [-0.4, -0.2) is 35.4 Å². The maximum absolute atomic E-state index is 13.3. The number of hydrogen-bond donors (Lipinski definition) is 3. The van der Waals surface area contributed by atoms with Crippen molar-refractivity contribution >= 4 is 29.6 Å². The van der Waals surface area contributed by atoms with E-state index in [0.29, 0.717) is 31.1 Å². The molecule has 1 heterocycles. The Hall–Kier alpha value is -4.04. The summed E-state index contributed by atoms with van der Waals surface area (Å²) in [5, 5.41) is 4.85. The summed E-state index contributed by atoms with van der Waals surface area (Å²) in [6.07, 6.45) is -2.92. The van der Waals surface area contributed by atoms with Gasteiger partial charge in [-0.1, -0.05) is 17.5 Å². The molecule has 0 aliphatic carbocycles. The average molecular weight is 509 g/mol. The van der Waals surface area contributed by atoms with Gasteiger partial charge in [-0.3, -0.25) is 9.59 Å². The molecule has 7 nitrogen and oxygen atoms in total. The van der Waals surface area contributed by atoms with E-state index >= 15 is 0 Å². The lowest BCUT2D eigenvalue weighted by atomic mass is 10.1. The van der Waals surface area contributed by atoms with Crippen LogP contribution in [0.2, 0.25) is 5.02 Å². The zero-order chi connectivity index (χ0) is 25.4. The van der Waals surface area contributed by atoms with E-state index in [0.717, 1.165) is 6.07 Å². The number of carbonyl (C=O) groups is 2. The Kier molecular flexibility index (Phi) is 8.33. The number of aromatic amines is 1. The molecule has 0 aliphatic heterocycles. The van der Waals surface area contributed by atoms with E-state index in [1.54, 1.807) is 0 Å². The summed E-state index contributed by atoms with van der Waals surface area (Å²) in [7, 11) is 0. The molecule has 12 heteroatoms. The van der Waals surface area contributed by atoms with E-state index in [9.17, 15) is 27.2 Å². The van der Waals surface area contributed by atoms with Crippen LogP contribution in [0.25, 0.3) is 11.4 Å². The Bertz CT molecular complexity index is 1280. The van der Waals surface area contributed by atoms with Crippen LogP contribution in [0, 0.1) is 17.7 Å². The third kappa shape index (κ3) is 7.22. The van der Waals surface area contributed by atoms with Crippen molar-refractivity contribution in [1.82, 2.24) is 15.3 Å². The molecule has 3 N–H and O–H groups in total. The van der Waals surface area contributed by atoms with E-state index in [1.807, 2.05) is 0 Å². The molecule has 0 saturated carbocycles. The van der Waals surface area contributed by atoms with Gasteiger partial charge in [0, 0.05) is 23.6 Å². The second-order valence-corrected chi connectivity index (χ2v) is 7.37. The topological polar surface area (TPSA) is 96.1 Å². The number of ether oxygens (including phenoxy) is 1. The van der Waals surface area contributed by atoms with Crippen molar-refractivity contribution in [2.45, 2.75) is 12.6 Å². The highest BCUT2D eigenvalue weighted by molar-refractivity contribution is 6.30. The molecule has 0 bridgehead atoms. The molecule has 2 amide bonds. The smallest absolute Gasteiger partial charge is 0.432 e. The number of hydrogen-bond acceptors (Lipinski definition) is 4. The maximum Gasteiger partial charge on any atom is 0.432 e. The lowest BCUT2D eigenvalue weighted by Crippen LogP contribution is -2.15. The molecule has 0 spiro atoms. The van der Waals surface area contributed by atoms with Crippen LogP contribution in [0.1, 0.15) is 17.7 Å². The minimum Gasteiger partial charge on any atom is -0.491 e. The molecule has 35 heavy (non-hydrogen) atoms. The van der Waals surface area contributed by atoms with Crippen LogP contribution in [0.5, 0.6) is 5.75 Å². The lowest BCUT2D eigenvalue weighted by Gasteiger charge is -2.13. The number of amides is 2. The number of carbonyl (C=O) groups excluding carboxylic acids is 2. The Morgan fingerprint density at radius 3 is 2.71 bits per heavy atom. The highest BCUT2D eigenvalue weighted by atomic mass is 35.5. The molecule has 0 aliphatic rings. The van der Waals surface area contributed by atoms with Gasteiger partial charge in [0.25, 0.3) is 0 Å². The first-order valence-electron chi connectivity index (χ1n) is 10.0. The number of aromatic nitrogens is 2. The van der Waals surface area contributed by atoms with Crippen molar-refractivity contribution < 1.29 is 31.9 Å². The second-order valence-electron chi connectivity index (χ2n) is 6.96. The van der Waals surface area contributed by atoms with Crippen LogP contribution in [-0.2, 0) is 15.8 Å². The number of nitrogens with one attached hydrogen (secondary N) is 3. The Morgan fingerprint density at radius 1 is 1.23 bits per heavy atom. The fourth-order valence-corrected chi connectivity index (χ4v) is 2.97. The summed E-state index contributed by atoms with van der Waals surface area (Å²) in [6, 6.07) is 8.03. The van der Waals surface area contributed by atoms with Crippen molar-refractivity contribution in [3.8, 4) is 29.0 Å². The largest absolute Gasteiger partial charge is 0.491 e. The predicted octanol–water partition coefficient (Wildman–Crippen LogP) is 4.39. The average Bonchev–Trinajstić information content (AvgIpc) is 3.32. The van der Waals surface area contributed by atoms with E-state index in [1.165, 1.54) is 30.3 Å². The van der Waals surface area contributed by atoms with Crippen molar-refractivity contribution in [3.05, 3.63) is 64.7 Å². The number of halogens is 5. The van der Waals surface area contributed by atoms with Crippen LogP contribution < -0.4 is 15.4 Å². The fraction of sp³-hybridized carbons (Fsp3) is 0.174. The Balaban J connectivity index is 1.83. The first-order chi connectivity index (χ1) is 16.7. The molecular formula is C23H17ClF4N4O3. The molecule has 1 aromatic heterocycles. The second kappa shape index (κ2) is 11.4. The number of rotatable bonds is 8. The minimum atomic E-state index is -4.60. The number of anilines is 1. The van der Waals surface area contributed by atoms with Gasteiger partial charge in [-0.15, -0.1) is 0 Å². The van der Waals surface area contributed by atoms with Gasteiger partial charge in [0.1, 0.15) is 23.1 Å². The first-order valence-corrected chi connectivity index (χ1v) is 10.4. The monoisotopic (exact) mass is 508 g/mol. The Labute approximate surface area is 201 Å². The van der Waals surface area contributed by atoms with E-state index in [-0.39, 0.29) is 34.5 Å². The van der Waals surface area contributed by atoms with Gasteiger partial charge in [0.05, 0.1) is 23.5 Å². The van der Waals surface area contributed by atoms with Crippen molar-refractivity contribution in [3.63, 3.8) is 0 Å². The number of H-pyrrole nitrogens is 1. The minimum absolute atomic E-state index is 0.0680. The molecule has 0 atom stereocenters. The first kappa shape index (κ1) is 25.6. The molecule has 0 saturated heterocycles. The zero-order valence-electron chi connectivity index (χ0n) is 17.8. The van der Waals surface area contributed by atoms with E-state index in [2.05, 4.69) is 32.4 Å². The zero-order valence-corrected chi connectivity index (χ0v) is 18.6. The SMILES string of the molecule is O=CNCCCOc1ccc(-c2ncc(C(F)(F)F)[nH]2)cc1NC(=O)C#Cc1ccc(F)c(Cl)c1. The van der Waals surface area contributed by atoms with Crippen LogP contribution >= 0.6 is 11.6 Å². The Morgan fingerprint density at radius 2 is 2.03 bits per heavy atom. The summed E-state index contributed by atoms with van der Waals surface area (Å²) in [5.41, 5.74) is -0.337. The number of nitrogens with zero attached hydrogens (tertiary/aromatic N) is 1. The summed E-state index contributed by atoms with van der Waals surface area (Å²) >= 11 is 5.70. The van der Waals surface area contributed by atoms with E-state index in [4.69, 9.17) is 16.3 Å². The summed E-state index contributed by atoms with van der Waals surface area (Å²) in [4.78, 5) is 28.7. The van der Waals surface area contributed by atoms with Crippen LogP contribution in [0.15, 0.2) is 42.6 Å². The highest BCUT2D eigenvalue weighted by Crippen LogP contribution is 2.33. The predicted molar refractivity (Wildman–Crippen MR) is 120 cm³/mol. The normalized spacial score (nSPS) is 10.8. The number of imidazole rings is 1. The third-order valence-corrected chi connectivity index (χ3v) is 4.72. The van der Waals surface area contributed by atoms with Gasteiger partial charge in [-0.2, -0.15) is 13.2 Å². The van der Waals surface area contributed by atoms with Crippen molar-refractivity contribution in [2.24, 2.45) is 0 Å². The van der Waals surface area contributed by atoms with Gasteiger partial charge < -0.3 is 20.4 Å². The molecule has 3 rings (SSSR count). The third-order valence-electron chi connectivity index (χ3n) is 4.43. The van der Waals surface area contributed by atoms with Crippen molar-refractivity contribution in [1.29, 1.82) is 0 Å². The molecule has 0 radical (unpaired) electrons. The maximum atomic E-state index is 13.3. The summed E-state index contributed by atoms with van der Waals surface area (Å²) in [6.45, 7) is 0.545. The highest BCUT2D eigenvalue weighted by Gasteiger charge is 2.33. The fourth-order valence-electron chi connectivity index (χ4n) is 2.78. The lowest BCUT2D eigenvalue weighted by molar-refractivity contribution is -0.140. The van der Waals surface area contributed by atoms with Crippen LogP contribution in [0.4, 0.5) is 23.2 Å². The molecular weight excluding hydrogens is 492 g/mol. The number of benzene rings is 2.